The van der Waals surface area contributed by atoms with Crippen molar-refractivity contribution >= 4 is 59.7 Å². The van der Waals surface area contributed by atoms with Crippen LogP contribution in [0.4, 0.5) is 0 Å². The molecular weight excluding hydrogens is 857 g/mol. The quantitative estimate of drug-likeness (QED) is 0.0585. The summed E-state index contributed by atoms with van der Waals surface area (Å²) in [6, 6.07) is 43.5. The van der Waals surface area contributed by atoms with Gasteiger partial charge in [-0.1, -0.05) is 165 Å². The third kappa shape index (κ3) is 21.8. The summed E-state index contributed by atoms with van der Waals surface area (Å²) in [4.78, 5) is 2.58. The van der Waals surface area contributed by atoms with Crippen molar-refractivity contribution in [3.8, 4) is 0 Å². The fraction of sp³-hybridized carbons (Fsp3) is 0.444. The van der Waals surface area contributed by atoms with Crippen LogP contribution in [0.25, 0.3) is 0 Å². The minimum atomic E-state index is -1.22. The fourth-order valence-corrected chi connectivity index (χ4v) is 14.7. The van der Waals surface area contributed by atoms with Crippen molar-refractivity contribution in [2.75, 3.05) is 90.0 Å². The molecule has 1 fully saturated rings. The van der Waals surface area contributed by atoms with E-state index in [1.54, 1.807) is 0 Å². The summed E-state index contributed by atoms with van der Waals surface area (Å²) in [6.07, 6.45) is 9.65. The predicted octanol–water partition coefficient (Wildman–Crippen LogP) is 7.13. The van der Waals surface area contributed by atoms with Gasteiger partial charge in [0.2, 0.25) is 0 Å². The van der Waals surface area contributed by atoms with Crippen LogP contribution in [-0.2, 0) is 26.5 Å². The van der Waals surface area contributed by atoms with E-state index in [1.165, 1.54) is 77.8 Å². The van der Waals surface area contributed by atoms with Crippen LogP contribution in [0.15, 0.2) is 121 Å². The Morgan fingerprint density at radius 3 is 0.964 bits per heavy atom. The van der Waals surface area contributed by atoms with E-state index in [0.29, 0.717) is 31.7 Å². The molecule has 0 N–H and O–H groups in total. The molecule has 0 spiro atoms. The first-order valence-corrected chi connectivity index (χ1v) is 27.9. The van der Waals surface area contributed by atoms with Crippen LogP contribution < -0.4 is 38.8 Å². The van der Waals surface area contributed by atoms with Crippen LogP contribution in [0.2, 0.25) is 0 Å². The predicted molar refractivity (Wildman–Crippen MR) is 250 cm³/mol. The second-order valence-corrected chi connectivity index (χ2v) is 25.1. The number of halogens is 1. The molecule has 1 saturated heterocycles. The topological polar surface area (TPSA) is 32.4 Å². The van der Waals surface area contributed by atoms with Crippen molar-refractivity contribution in [1.82, 2.24) is 4.90 Å². The molecule has 0 aliphatic carbocycles. The van der Waals surface area contributed by atoms with Crippen molar-refractivity contribution in [1.29, 1.82) is 0 Å². The SMILES string of the molecule is C1CCOC1.CCP(CC)CN(C)CP(CC)CC.CP(C)CP(C)C.[Br-].[C-]#[O+].[Fe+2].c1ccc([B-](c2ccccc2)(c2ccccc2)c2ccccc2)cc1. The molecule has 5 rings (SSSR count). The largest absolute Gasteiger partial charge is 2.00 e. The average Bonchev–Trinajstić information content (AvgIpc) is 3.80. The summed E-state index contributed by atoms with van der Waals surface area (Å²) in [5.41, 5.74) is 5.36. The molecule has 0 amide bonds. The van der Waals surface area contributed by atoms with E-state index in [2.05, 4.69) is 194 Å². The number of ether oxygens (including phenoxy) is 1. The molecular formula is C45H69BBrFeNO2P4. The normalized spacial score (nSPS) is 11.8. The molecule has 0 atom stereocenters. The summed E-state index contributed by atoms with van der Waals surface area (Å²) >= 11 is 0. The zero-order valence-electron chi connectivity index (χ0n) is 35.2. The molecule has 0 unspecified atom stereocenters. The van der Waals surface area contributed by atoms with Crippen molar-refractivity contribution in [2.45, 2.75) is 40.5 Å². The zero-order valence-corrected chi connectivity index (χ0v) is 41.5. The van der Waals surface area contributed by atoms with Crippen molar-refractivity contribution in [2.24, 2.45) is 0 Å². The van der Waals surface area contributed by atoms with Gasteiger partial charge in [0, 0.05) is 25.8 Å². The van der Waals surface area contributed by atoms with Crippen LogP contribution in [0.3, 0.4) is 0 Å². The molecule has 1 aliphatic rings. The molecule has 55 heavy (non-hydrogen) atoms. The van der Waals surface area contributed by atoms with Crippen molar-refractivity contribution < 1.29 is 43.4 Å². The summed E-state index contributed by atoms with van der Waals surface area (Å²) in [5, 5.41) is 0. The van der Waals surface area contributed by atoms with Crippen molar-refractivity contribution in [3.05, 3.63) is 128 Å². The molecule has 0 radical (unpaired) electrons. The van der Waals surface area contributed by atoms with Crippen LogP contribution >= 0.6 is 31.7 Å². The van der Waals surface area contributed by atoms with Gasteiger partial charge in [-0.05, 0) is 77.1 Å². The number of hydrogen-bond acceptors (Lipinski definition) is 2. The minimum Gasteiger partial charge on any atom is -0.195 e. The first kappa shape index (κ1) is 56.4. The van der Waals surface area contributed by atoms with Gasteiger partial charge in [0.15, 0.2) is 0 Å². The number of hydrogen-bond donors (Lipinski definition) is 0. The first-order chi connectivity index (χ1) is 25.7. The summed E-state index contributed by atoms with van der Waals surface area (Å²) in [6.45, 7) is 25.2. The van der Waals surface area contributed by atoms with Gasteiger partial charge < -0.3 is 21.7 Å². The second kappa shape index (κ2) is 35.3. The smallest absolute Gasteiger partial charge is 0.195 e. The van der Waals surface area contributed by atoms with Crippen LogP contribution in [0.5, 0.6) is 0 Å². The maximum absolute atomic E-state index is 7.50. The average molecular weight is 927 g/mol. The van der Waals surface area contributed by atoms with Gasteiger partial charge in [-0.15, -0.1) is 15.8 Å². The Kier molecular flexibility index (Phi) is 36.2. The molecule has 1 heterocycles. The van der Waals surface area contributed by atoms with Gasteiger partial charge in [0.05, 0.1) is 0 Å². The van der Waals surface area contributed by atoms with Gasteiger partial charge in [0.25, 0.3) is 0 Å². The van der Waals surface area contributed by atoms with E-state index in [1.807, 2.05) is 0 Å². The number of benzene rings is 4. The van der Waals surface area contributed by atoms with Gasteiger partial charge in [-0.2, -0.15) is 21.9 Å². The van der Waals surface area contributed by atoms with Gasteiger partial charge in [0.1, 0.15) is 6.15 Å². The van der Waals surface area contributed by atoms with Crippen molar-refractivity contribution in [3.63, 3.8) is 0 Å². The van der Waals surface area contributed by atoms with E-state index in [0.717, 1.165) is 13.2 Å². The Morgan fingerprint density at radius 2 is 0.800 bits per heavy atom. The van der Waals surface area contributed by atoms with Crippen LogP contribution in [-0.4, -0.2) is 101 Å². The molecule has 10 heteroatoms. The number of rotatable bonds is 14. The molecule has 0 bridgehead atoms. The first-order valence-electron chi connectivity index (χ1n) is 19.3. The van der Waals surface area contributed by atoms with E-state index in [-0.39, 0.29) is 34.1 Å². The monoisotopic (exact) mass is 925 g/mol. The van der Waals surface area contributed by atoms with E-state index < -0.39 is 6.15 Å². The Labute approximate surface area is 364 Å². The Bertz CT molecular complexity index is 1240. The summed E-state index contributed by atoms with van der Waals surface area (Å²) < 4.78 is 12.4. The van der Waals surface area contributed by atoms with E-state index >= 15 is 0 Å². The van der Waals surface area contributed by atoms with E-state index in [9.17, 15) is 0 Å². The Balaban J connectivity index is 0. The molecule has 1 aliphatic heterocycles. The molecule has 4 aromatic rings. The Morgan fingerprint density at radius 1 is 0.545 bits per heavy atom. The third-order valence-electron chi connectivity index (χ3n) is 9.26. The molecule has 4 aromatic carbocycles. The van der Waals surface area contributed by atoms with Gasteiger partial charge in [-0.25, -0.2) is 0 Å². The standard InChI is InChI=1S/C24H20B.C11H27NP2.C5H14P2.C4H8O.CO.BrH.Fe/c1-5-13-21(14-6-1)25(22-15-7-2-8-16-22,23-17-9-3-10-18-23)24-19-11-4-12-20-24;1-6-13(7-2)10-12(5)11-14(8-3)9-4;1-6(2)5-7(3)4;1-2-4-5-3-1;1-2;;/h1-20H;6-11H2,1-5H3;5H2,1-4H3;1-4H2;;1H;/q-1;;;;;;+2/p-1. The third-order valence-corrected chi connectivity index (χ3v) is 19.1. The number of nitrogens with zero attached hydrogens (tertiary/aromatic N) is 1. The van der Waals surface area contributed by atoms with E-state index in [4.69, 9.17) is 9.39 Å². The molecule has 304 valence electrons. The molecule has 3 nitrogen and oxygen atoms in total. The molecule has 0 saturated carbocycles. The van der Waals surface area contributed by atoms with Crippen LogP contribution in [0.1, 0.15) is 40.5 Å². The van der Waals surface area contributed by atoms with Crippen LogP contribution in [0, 0.1) is 6.65 Å². The summed E-state index contributed by atoms with van der Waals surface area (Å²) in [5.74, 6) is 1.49. The summed E-state index contributed by atoms with van der Waals surface area (Å²) in [7, 11) is 3.68. The second-order valence-electron chi connectivity index (χ2n) is 13.9. The van der Waals surface area contributed by atoms with Gasteiger partial charge in [-0.3, -0.25) is 4.90 Å². The molecule has 0 aromatic heterocycles. The zero-order chi connectivity index (χ0) is 39.3. The fourth-order valence-electron chi connectivity index (χ4n) is 6.77. The minimum absolute atomic E-state index is 0. The maximum atomic E-state index is 7.50. The maximum Gasteiger partial charge on any atom is 2.00 e. The van der Waals surface area contributed by atoms with Gasteiger partial charge >= 0.3 is 28.4 Å². The Hall–Kier alpha value is -0.676.